The first-order chi connectivity index (χ1) is 14.9. The van der Waals surface area contributed by atoms with E-state index in [1.807, 2.05) is 24.8 Å². The summed E-state index contributed by atoms with van der Waals surface area (Å²) in [7, 11) is 0. The van der Waals surface area contributed by atoms with Crippen LogP contribution in [0.25, 0.3) is 0 Å². The van der Waals surface area contributed by atoms with Gasteiger partial charge in [-0.15, -0.1) is 0 Å². The molecule has 1 fully saturated rings. The van der Waals surface area contributed by atoms with Crippen LogP contribution in [-0.2, 0) is 4.79 Å². The van der Waals surface area contributed by atoms with Gasteiger partial charge in [0.15, 0.2) is 17.6 Å². The maximum atomic E-state index is 12.1. The number of aromatic carboxylic acids is 1. The summed E-state index contributed by atoms with van der Waals surface area (Å²) < 4.78 is 17.8. The van der Waals surface area contributed by atoms with Crippen molar-refractivity contribution in [3.63, 3.8) is 0 Å². The van der Waals surface area contributed by atoms with Crippen molar-refractivity contribution in [2.24, 2.45) is 5.92 Å². The van der Waals surface area contributed by atoms with Gasteiger partial charge in [-0.3, -0.25) is 9.78 Å². The van der Waals surface area contributed by atoms with E-state index >= 15 is 0 Å². The lowest BCUT2D eigenvalue weighted by molar-refractivity contribution is -0.136. The van der Waals surface area contributed by atoms with E-state index in [9.17, 15) is 14.7 Å². The van der Waals surface area contributed by atoms with E-state index < -0.39 is 12.1 Å². The van der Waals surface area contributed by atoms with Crippen LogP contribution < -0.4 is 14.2 Å². The standard InChI is InChI=1S/C23H26N2O6/c1-14(2)22(26)25-8-6-16(7-9-25)30-17-10-15(11-24-12-17)20-13-29-21-18(23(27)28)4-3-5-19(21)31-20/h3-5,10-12,14,16,20H,6-9,13H2,1-2H3,(H,27,28). The molecule has 1 N–H and O–H groups in total. The third kappa shape index (κ3) is 4.57. The molecule has 2 aliphatic rings. The average Bonchev–Trinajstić information content (AvgIpc) is 2.78. The zero-order chi connectivity index (χ0) is 22.0. The predicted octanol–water partition coefficient (Wildman–Crippen LogP) is 3.32. The molecule has 31 heavy (non-hydrogen) atoms. The number of rotatable bonds is 5. The number of carbonyl (C=O) groups is 2. The van der Waals surface area contributed by atoms with Crippen LogP contribution in [0.5, 0.6) is 17.2 Å². The Morgan fingerprint density at radius 3 is 2.71 bits per heavy atom. The minimum absolute atomic E-state index is 0.00719. The van der Waals surface area contributed by atoms with Gasteiger partial charge in [-0.25, -0.2) is 4.79 Å². The minimum Gasteiger partial charge on any atom is -0.489 e. The first-order valence-corrected chi connectivity index (χ1v) is 10.5. The fourth-order valence-corrected chi connectivity index (χ4v) is 3.86. The van der Waals surface area contributed by atoms with Crippen molar-refractivity contribution in [3.8, 4) is 17.2 Å². The number of hydrogen-bond donors (Lipinski definition) is 1. The van der Waals surface area contributed by atoms with E-state index in [2.05, 4.69) is 4.98 Å². The summed E-state index contributed by atoms with van der Waals surface area (Å²) >= 11 is 0. The molecule has 1 aromatic carbocycles. The van der Waals surface area contributed by atoms with Crippen LogP contribution >= 0.6 is 0 Å². The second kappa shape index (κ2) is 8.83. The molecule has 1 amide bonds. The number of pyridine rings is 1. The molecule has 8 heteroatoms. The molecule has 1 unspecified atom stereocenters. The lowest BCUT2D eigenvalue weighted by atomic mass is 10.1. The van der Waals surface area contributed by atoms with Gasteiger partial charge < -0.3 is 24.2 Å². The maximum absolute atomic E-state index is 12.1. The van der Waals surface area contributed by atoms with E-state index in [1.165, 1.54) is 6.07 Å². The first-order valence-electron chi connectivity index (χ1n) is 10.5. The van der Waals surface area contributed by atoms with Gasteiger partial charge in [-0.1, -0.05) is 19.9 Å². The number of carboxylic acid groups (broad SMARTS) is 1. The Morgan fingerprint density at radius 1 is 1.23 bits per heavy atom. The van der Waals surface area contributed by atoms with E-state index in [-0.39, 0.29) is 35.8 Å². The van der Waals surface area contributed by atoms with Crippen LogP contribution in [0.2, 0.25) is 0 Å². The van der Waals surface area contributed by atoms with Crippen LogP contribution in [0, 0.1) is 5.92 Å². The summed E-state index contributed by atoms with van der Waals surface area (Å²) in [4.78, 5) is 29.7. The fraction of sp³-hybridized carbons (Fsp3) is 0.435. The van der Waals surface area contributed by atoms with Gasteiger partial charge in [0, 0.05) is 43.6 Å². The Kier molecular flexibility index (Phi) is 5.97. The molecular weight excluding hydrogens is 400 g/mol. The Hall–Kier alpha value is -3.29. The van der Waals surface area contributed by atoms with Crippen molar-refractivity contribution >= 4 is 11.9 Å². The molecule has 2 aromatic rings. The molecule has 2 aliphatic heterocycles. The van der Waals surface area contributed by atoms with Crippen molar-refractivity contribution in [3.05, 3.63) is 47.8 Å². The molecule has 164 valence electrons. The topological polar surface area (TPSA) is 98.2 Å². The van der Waals surface area contributed by atoms with Crippen LogP contribution in [-0.4, -0.2) is 52.7 Å². The van der Waals surface area contributed by atoms with Gasteiger partial charge in [0.1, 0.15) is 24.0 Å². The Balaban J connectivity index is 1.40. The summed E-state index contributed by atoms with van der Waals surface area (Å²) in [6.07, 6.45) is 4.51. The second-order valence-corrected chi connectivity index (χ2v) is 8.11. The minimum atomic E-state index is -1.06. The van der Waals surface area contributed by atoms with Gasteiger partial charge in [0.05, 0.1) is 6.20 Å². The molecule has 0 spiro atoms. The van der Waals surface area contributed by atoms with Crippen molar-refractivity contribution in [2.75, 3.05) is 19.7 Å². The van der Waals surface area contributed by atoms with E-state index in [0.717, 1.165) is 18.4 Å². The molecule has 0 saturated carbocycles. The normalized spacial score (nSPS) is 18.7. The fourth-order valence-electron chi connectivity index (χ4n) is 3.86. The molecule has 4 rings (SSSR count). The number of para-hydroxylation sites is 1. The highest BCUT2D eigenvalue weighted by Crippen LogP contribution is 2.39. The van der Waals surface area contributed by atoms with E-state index in [1.54, 1.807) is 24.5 Å². The number of carbonyl (C=O) groups excluding carboxylic acids is 1. The van der Waals surface area contributed by atoms with Gasteiger partial charge in [0.2, 0.25) is 5.91 Å². The van der Waals surface area contributed by atoms with E-state index in [0.29, 0.717) is 24.6 Å². The Morgan fingerprint density at radius 2 is 2.00 bits per heavy atom. The highest BCUT2D eigenvalue weighted by Gasteiger charge is 2.28. The number of amides is 1. The largest absolute Gasteiger partial charge is 0.489 e. The van der Waals surface area contributed by atoms with Crippen LogP contribution in [0.1, 0.15) is 48.7 Å². The number of ether oxygens (including phenoxy) is 3. The number of piperidine rings is 1. The van der Waals surface area contributed by atoms with E-state index in [4.69, 9.17) is 14.2 Å². The summed E-state index contributed by atoms with van der Waals surface area (Å²) in [5, 5.41) is 9.31. The number of carboxylic acids is 1. The summed E-state index contributed by atoms with van der Waals surface area (Å²) in [6, 6.07) is 6.68. The highest BCUT2D eigenvalue weighted by molar-refractivity contribution is 5.92. The van der Waals surface area contributed by atoms with Crippen molar-refractivity contribution in [1.82, 2.24) is 9.88 Å². The monoisotopic (exact) mass is 426 g/mol. The molecule has 1 aromatic heterocycles. The predicted molar refractivity (Wildman–Crippen MR) is 112 cm³/mol. The van der Waals surface area contributed by atoms with Crippen LogP contribution in [0.4, 0.5) is 0 Å². The lowest BCUT2D eigenvalue weighted by Crippen LogP contribution is -2.43. The van der Waals surface area contributed by atoms with Crippen LogP contribution in [0.3, 0.4) is 0 Å². The quantitative estimate of drug-likeness (QED) is 0.783. The Labute approximate surface area is 180 Å². The third-order valence-corrected chi connectivity index (χ3v) is 5.51. The average molecular weight is 426 g/mol. The molecule has 8 nitrogen and oxygen atoms in total. The second-order valence-electron chi connectivity index (χ2n) is 8.11. The molecule has 1 saturated heterocycles. The molecule has 3 heterocycles. The summed E-state index contributed by atoms with van der Waals surface area (Å²) in [5.41, 5.74) is 0.866. The highest BCUT2D eigenvalue weighted by atomic mass is 16.6. The number of nitrogens with zero attached hydrogens (tertiary/aromatic N) is 2. The molecule has 0 radical (unpaired) electrons. The zero-order valence-corrected chi connectivity index (χ0v) is 17.6. The number of hydrogen-bond acceptors (Lipinski definition) is 6. The molecule has 0 bridgehead atoms. The maximum Gasteiger partial charge on any atom is 0.339 e. The van der Waals surface area contributed by atoms with Gasteiger partial charge in [-0.2, -0.15) is 0 Å². The number of benzene rings is 1. The number of likely N-dealkylation sites (tertiary alicyclic amines) is 1. The van der Waals surface area contributed by atoms with Gasteiger partial charge in [0.25, 0.3) is 0 Å². The SMILES string of the molecule is CC(C)C(=O)N1CCC(Oc2cncc(C3COc4c(cccc4C(=O)O)O3)c2)CC1. The van der Waals surface area contributed by atoms with Crippen molar-refractivity contribution in [2.45, 2.75) is 38.9 Å². The zero-order valence-electron chi connectivity index (χ0n) is 17.6. The summed E-state index contributed by atoms with van der Waals surface area (Å²) in [6.45, 7) is 5.40. The van der Waals surface area contributed by atoms with Gasteiger partial charge >= 0.3 is 5.97 Å². The van der Waals surface area contributed by atoms with Gasteiger partial charge in [-0.05, 0) is 18.2 Å². The number of fused-ring (bicyclic) bond motifs is 1. The van der Waals surface area contributed by atoms with Crippen molar-refractivity contribution in [1.29, 1.82) is 0 Å². The molecular formula is C23H26N2O6. The van der Waals surface area contributed by atoms with Crippen molar-refractivity contribution < 1.29 is 28.9 Å². The smallest absolute Gasteiger partial charge is 0.339 e. The number of aromatic nitrogens is 1. The lowest BCUT2D eigenvalue weighted by Gasteiger charge is -2.33. The molecule has 1 atom stereocenters. The third-order valence-electron chi connectivity index (χ3n) is 5.51. The Bertz CT molecular complexity index is 968. The molecule has 0 aliphatic carbocycles. The summed E-state index contributed by atoms with van der Waals surface area (Å²) in [5.74, 6) is 0.409. The first kappa shape index (κ1) is 21.0. The van der Waals surface area contributed by atoms with Crippen LogP contribution in [0.15, 0.2) is 36.7 Å².